The Labute approximate surface area is 388 Å². The summed E-state index contributed by atoms with van der Waals surface area (Å²) in [6, 6.07) is 92.0. The van der Waals surface area contributed by atoms with Crippen LogP contribution in [0.1, 0.15) is 0 Å². The third-order valence-corrected chi connectivity index (χ3v) is 13.4. The number of aromatic nitrogens is 1. The van der Waals surface area contributed by atoms with Gasteiger partial charge in [-0.2, -0.15) is 0 Å². The smallest absolute Gasteiger partial charge is 0.143 e. The molecule has 0 bridgehead atoms. The minimum Gasteiger partial charge on any atom is -0.455 e. The second-order valence-electron chi connectivity index (χ2n) is 17.2. The lowest BCUT2D eigenvalue weighted by molar-refractivity contribution is 0.670. The van der Waals surface area contributed by atoms with Gasteiger partial charge in [-0.05, 0) is 81.6 Å². The lowest BCUT2D eigenvalue weighted by Crippen LogP contribution is -2.12. The van der Waals surface area contributed by atoms with Crippen LogP contribution < -0.4 is 4.90 Å². The van der Waals surface area contributed by atoms with Crippen molar-refractivity contribution in [3.05, 3.63) is 255 Å². The minimum absolute atomic E-state index is 0.895. The first-order valence-corrected chi connectivity index (χ1v) is 22.9. The highest BCUT2D eigenvalue weighted by molar-refractivity contribution is 6.16. The van der Waals surface area contributed by atoms with E-state index in [4.69, 9.17) is 4.42 Å². The molecule has 0 unspecified atom stereocenters. The quantitative estimate of drug-likeness (QED) is 0.152. The predicted octanol–water partition coefficient (Wildman–Crippen LogP) is 18.0. The Bertz CT molecular complexity index is 3970. The van der Waals surface area contributed by atoms with Crippen molar-refractivity contribution in [2.24, 2.45) is 0 Å². The Hall–Kier alpha value is -8.92. The van der Waals surface area contributed by atoms with Crippen molar-refractivity contribution >= 4 is 71.6 Å². The predicted molar refractivity (Wildman–Crippen MR) is 282 cm³/mol. The largest absolute Gasteiger partial charge is 0.455 e. The number of fused-ring (bicyclic) bond motifs is 7. The highest BCUT2D eigenvalue weighted by Crippen LogP contribution is 2.49. The first-order chi connectivity index (χ1) is 33.3. The molecule has 2 aromatic heterocycles. The monoisotopic (exact) mass is 854 g/mol. The van der Waals surface area contributed by atoms with Gasteiger partial charge in [0.15, 0.2) is 0 Å². The zero-order chi connectivity index (χ0) is 44.3. The van der Waals surface area contributed by atoms with Crippen molar-refractivity contribution in [2.75, 3.05) is 4.90 Å². The summed E-state index contributed by atoms with van der Waals surface area (Å²) in [5.74, 6) is 0. The number of benzene rings is 11. The van der Waals surface area contributed by atoms with Gasteiger partial charge >= 0.3 is 0 Å². The molecule has 0 atom stereocenters. The molecule has 11 aromatic carbocycles. The van der Waals surface area contributed by atoms with Gasteiger partial charge < -0.3 is 13.9 Å². The molecule has 0 saturated carbocycles. The number of anilines is 3. The van der Waals surface area contributed by atoms with E-state index in [2.05, 4.69) is 252 Å². The lowest BCUT2D eigenvalue weighted by Gasteiger charge is -2.30. The molecule has 3 heteroatoms. The maximum atomic E-state index is 6.55. The zero-order valence-electron chi connectivity index (χ0n) is 36.6. The summed E-state index contributed by atoms with van der Waals surface area (Å²) >= 11 is 0. The summed E-state index contributed by atoms with van der Waals surface area (Å²) in [7, 11) is 0. The van der Waals surface area contributed by atoms with Crippen LogP contribution in [0.15, 0.2) is 259 Å². The van der Waals surface area contributed by atoms with Crippen LogP contribution in [-0.2, 0) is 0 Å². The highest BCUT2D eigenvalue weighted by atomic mass is 16.3. The highest BCUT2D eigenvalue weighted by Gasteiger charge is 2.25. The topological polar surface area (TPSA) is 21.3 Å². The van der Waals surface area contributed by atoms with Crippen LogP contribution in [-0.4, -0.2) is 4.57 Å². The van der Waals surface area contributed by atoms with Gasteiger partial charge in [0.25, 0.3) is 0 Å². The van der Waals surface area contributed by atoms with E-state index in [9.17, 15) is 0 Å². The van der Waals surface area contributed by atoms with Crippen molar-refractivity contribution < 1.29 is 4.42 Å². The van der Waals surface area contributed by atoms with Crippen LogP contribution in [0, 0.1) is 0 Å². The van der Waals surface area contributed by atoms with Gasteiger partial charge in [0.1, 0.15) is 11.2 Å². The molecule has 2 heterocycles. The number of hydrogen-bond donors (Lipinski definition) is 0. The van der Waals surface area contributed by atoms with E-state index in [-0.39, 0.29) is 0 Å². The van der Waals surface area contributed by atoms with E-state index in [1.807, 2.05) is 12.1 Å². The van der Waals surface area contributed by atoms with Gasteiger partial charge in [-0.15, -0.1) is 0 Å². The Morgan fingerprint density at radius 3 is 1.61 bits per heavy atom. The third kappa shape index (κ3) is 6.35. The van der Waals surface area contributed by atoms with Crippen LogP contribution in [0.25, 0.3) is 105 Å². The number of rotatable bonds is 8. The molecule has 0 aliphatic rings. The molecule has 0 radical (unpaired) electrons. The van der Waals surface area contributed by atoms with Crippen molar-refractivity contribution in [1.29, 1.82) is 0 Å². The van der Waals surface area contributed by atoms with Crippen LogP contribution in [0.5, 0.6) is 0 Å². The molecular weight excluding hydrogens is 813 g/mol. The summed E-state index contributed by atoms with van der Waals surface area (Å²) in [6.45, 7) is 0. The maximum Gasteiger partial charge on any atom is 0.143 e. The Morgan fingerprint density at radius 1 is 0.328 bits per heavy atom. The molecular formula is C64H42N2O. The first-order valence-electron chi connectivity index (χ1n) is 22.9. The second-order valence-corrected chi connectivity index (χ2v) is 17.2. The van der Waals surface area contributed by atoms with E-state index in [0.29, 0.717) is 0 Å². The number of para-hydroxylation sites is 7. The lowest BCUT2D eigenvalue weighted by atomic mass is 9.90. The van der Waals surface area contributed by atoms with E-state index in [1.165, 1.54) is 49.3 Å². The van der Waals surface area contributed by atoms with Gasteiger partial charge in [-0.3, -0.25) is 0 Å². The SMILES string of the molecule is c1ccc(-c2cccc3cccc(-c4ccccc4N(c4ccc(-c5cccc6c5oc5ccccc56)cc4)c4ccccc4-c4cccc5c6ccccc6n(-c6ccccc6)c45)c23)cc1. The Morgan fingerprint density at radius 2 is 0.851 bits per heavy atom. The summed E-state index contributed by atoms with van der Waals surface area (Å²) < 4.78 is 8.98. The van der Waals surface area contributed by atoms with Gasteiger partial charge in [-0.25, -0.2) is 0 Å². The fraction of sp³-hybridized carbons (Fsp3) is 0. The van der Waals surface area contributed by atoms with Crippen molar-refractivity contribution in [3.63, 3.8) is 0 Å². The summed E-state index contributed by atoms with van der Waals surface area (Å²) in [5.41, 5.74) is 17.6. The summed E-state index contributed by atoms with van der Waals surface area (Å²) in [6.07, 6.45) is 0. The fourth-order valence-electron chi connectivity index (χ4n) is 10.5. The van der Waals surface area contributed by atoms with Crippen molar-refractivity contribution in [3.8, 4) is 50.2 Å². The van der Waals surface area contributed by atoms with Crippen LogP contribution in [0.2, 0.25) is 0 Å². The maximum absolute atomic E-state index is 6.55. The molecule has 0 aliphatic carbocycles. The van der Waals surface area contributed by atoms with Gasteiger partial charge in [0.2, 0.25) is 0 Å². The Balaban J connectivity index is 1.07. The van der Waals surface area contributed by atoms with Crippen LogP contribution in [0.3, 0.4) is 0 Å². The molecule has 67 heavy (non-hydrogen) atoms. The van der Waals surface area contributed by atoms with E-state index in [1.54, 1.807) is 0 Å². The second kappa shape index (κ2) is 16.0. The number of furan rings is 1. The standard InChI is InChI=1S/C64H42N2O/c1-3-19-43(20-4-1)48-29-15-21-45-22-16-31-54(62(45)48)50-25-7-11-35-58(50)65(47-41-39-44(40-42-47)49-30-17-34-57-53-28-10-14-38-61(53)67-64(49)57)59-36-12-8-26-51(59)55-32-18-33-56-52-27-9-13-37-60(52)66(63(55)56)46-23-5-2-6-24-46/h1-42H. The van der Waals surface area contributed by atoms with E-state index in [0.717, 1.165) is 72.5 Å². The zero-order valence-corrected chi connectivity index (χ0v) is 36.6. The van der Waals surface area contributed by atoms with E-state index < -0.39 is 0 Å². The average molecular weight is 855 g/mol. The average Bonchev–Trinajstić information content (AvgIpc) is 3.96. The van der Waals surface area contributed by atoms with Crippen LogP contribution in [0.4, 0.5) is 17.1 Å². The van der Waals surface area contributed by atoms with Crippen molar-refractivity contribution in [1.82, 2.24) is 4.57 Å². The summed E-state index contributed by atoms with van der Waals surface area (Å²) in [5, 5.41) is 7.11. The number of hydrogen-bond acceptors (Lipinski definition) is 2. The molecule has 13 rings (SSSR count). The molecule has 0 N–H and O–H groups in total. The van der Waals surface area contributed by atoms with Crippen LogP contribution >= 0.6 is 0 Å². The van der Waals surface area contributed by atoms with Gasteiger partial charge in [0, 0.05) is 55.2 Å². The Kier molecular flexibility index (Phi) is 9.17. The number of nitrogens with zero attached hydrogens (tertiary/aromatic N) is 2. The van der Waals surface area contributed by atoms with Gasteiger partial charge in [-0.1, -0.05) is 206 Å². The molecule has 0 spiro atoms. The molecule has 3 nitrogen and oxygen atoms in total. The molecule has 0 amide bonds. The molecule has 0 aliphatic heterocycles. The minimum atomic E-state index is 0.895. The summed E-state index contributed by atoms with van der Waals surface area (Å²) in [4.78, 5) is 2.47. The first kappa shape index (κ1) is 38.5. The fourth-order valence-corrected chi connectivity index (χ4v) is 10.5. The van der Waals surface area contributed by atoms with Gasteiger partial charge in [0.05, 0.1) is 22.4 Å². The molecule has 0 saturated heterocycles. The molecule has 314 valence electrons. The van der Waals surface area contributed by atoms with E-state index >= 15 is 0 Å². The molecule has 0 fully saturated rings. The third-order valence-electron chi connectivity index (χ3n) is 13.4. The molecule has 13 aromatic rings. The normalized spacial score (nSPS) is 11.6. The van der Waals surface area contributed by atoms with Crippen molar-refractivity contribution in [2.45, 2.75) is 0 Å².